The summed E-state index contributed by atoms with van der Waals surface area (Å²) < 4.78 is 54.3. The average molecular weight is 323 g/mol. The van der Waals surface area contributed by atoms with Crippen LogP contribution >= 0.6 is 0 Å². The number of aliphatic carboxylic acids is 1. The molecule has 0 radical (unpaired) electrons. The lowest BCUT2D eigenvalue weighted by Gasteiger charge is -2.21. The molecule has 0 saturated carbocycles. The summed E-state index contributed by atoms with van der Waals surface area (Å²) in [5.41, 5.74) is 0. The Kier molecular flexibility index (Phi) is 6.03. The van der Waals surface area contributed by atoms with Crippen molar-refractivity contribution in [2.24, 2.45) is 0 Å². The molecule has 6 nitrogen and oxygen atoms in total. The summed E-state index contributed by atoms with van der Waals surface area (Å²) >= 11 is 0. The lowest BCUT2D eigenvalue weighted by atomic mass is 10.3. The van der Waals surface area contributed by atoms with Gasteiger partial charge in [0.15, 0.2) is 0 Å². The molecule has 1 aromatic rings. The third kappa shape index (κ3) is 4.64. The maximum atomic E-state index is 12.4. The molecule has 0 unspecified atom stereocenters. The number of para-hydroxylation sites is 1. The van der Waals surface area contributed by atoms with Gasteiger partial charge < -0.3 is 9.84 Å². The Balaban J connectivity index is 3.24. The van der Waals surface area contributed by atoms with Crippen molar-refractivity contribution in [3.05, 3.63) is 24.3 Å². The molecule has 0 amide bonds. The fourth-order valence-electron chi connectivity index (χ4n) is 1.68. The Hall–Kier alpha value is -1.74. The van der Waals surface area contributed by atoms with Crippen LogP contribution in [0.3, 0.4) is 0 Å². The van der Waals surface area contributed by atoms with E-state index in [2.05, 4.69) is 4.74 Å². The van der Waals surface area contributed by atoms with Gasteiger partial charge in [-0.05, 0) is 18.6 Å². The molecular formula is C12H15F2NO5S. The normalized spacial score (nSPS) is 11.9. The summed E-state index contributed by atoms with van der Waals surface area (Å²) in [4.78, 5) is 10.3. The van der Waals surface area contributed by atoms with E-state index in [-0.39, 0.29) is 6.54 Å². The zero-order valence-corrected chi connectivity index (χ0v) is 12.0. The Morgan fingerprint density at radius 1 is 1.38 bits per heavy atom. The number of nitrogens with zero attached hydrogens (tertiary/aromatic N) is 1. The number of carboxylic acid groups (broad SMARTS) is 1. The Labute approximate surface area is 121 Å². The van der Waals surface area contributed by atoms with E-state index in [1.54, 1.807) is 6.92 Å². The number of sulfonamides is 1. The number of hydrogen-bond acceptors (Lipinski definition) is 4. The molecule has 1 rings (SSSR count). The van der Waals surface area contributed by atoms with E-state index >= 15 is 0 Å². The van der Waals surface area contributed by atoms with Gasteiger partial charge in [0.1, 0.15) is 17.2 Å². The standard InChI is InChI=1S/C12H15F2NO5S/c1-2-7-15(8-11(16)17)21(18,19)10-6-4-3-5-9(10)20-12(13)14/h3-6,12H,2,7-8H2,1H3,(H,16,17). The number of halogens is 2. The van der Waals surface area contributed by atoms with Gasteiger partial charge in [-0.2, -0.15) is 13.1 Å². The monoisotopic (exact) mass is 323 g/mol. The highest BCUT2D eigenvalue weighted by molar-refractivity contribution is 7.89. The van der Waals surface area contributed by atoms with Crippen molar-refractivity contribution in [2.45, 2.75) is 24.9 Å². The van der Waals surface area contributed by atoms with E-state index < -0.39 is 39.8 Å². The third-order valence-electron chi connectivity index (χ3n) is 2.47. The highest BCUT2D eigenvalue weighted by Gasteiger charge is 2.29. The first-order chi connectivity index (χ1) is 9.78. The Morgan fingerprint density at radius 2 is 2.00 bits per heavy atom. The van der Waals surface area contributed by atoms with Crippen LogP contribution in [0.2, 0.25) is 0 Å². The number of carboxylic acids is 1. The van der Waals surface area contributed by atoms with Crippen molar-refractivity contribution < 1.29 is 31.8 Å². The first-order valence-electron chi connectivity index (χ1n) is 6.04. The van der Waals surface area contributed by atoms with E-state index in [4.69, 9.17) is 5.11 Å². The van der Waals surface area contributed by atoms with Crippen LogP contribution in [0.1, 0.15) is 13.3 Å². The minimum atomic E-state index is -4.24. The van der Waals surface area contributed by atoms with Crippen molar-refractivity contribution in [1.82, 2.24) is 4.31 Å². The van der Waals surface area contributed by atoms with Crippen LogP contribution < -0.4 is 4.74 Å². The molecule has 9 heteroatoms. The molecule has 0 bridgehead atoms. The third-order valence-corrected chi connectivity index (χ3v) is 4.35. The second-order valence-electron chi connectivity index (χ2n) is 4.06. The maximum absolute atomic E-state index is 12.4. The van der Waals surface area contributed by atoms with E-state index in [0.717, 1.165) is 12.1 Å². The number of alkyl halides is 2. The largest absolute Gasteiger partial charge is 0.480 e. The van der Waals surface area contributed by atoms with Gasteiger partial charge in [-0.1, -0.05) is 19.1 Å². The second kappa shape index (κ2) is 7.32. The van der Waals surface area contributed by atoms with Gasteiger partial charge in [0.2, 0.25) is 10.0 Å². The quantitative estimate of drug-likeness (QED) is 0.788. The van der Waals surface area contributed by atoms with E-state index in [9.17, 15) is 22.0 Å². The maximum Gasteiger partial charge on any atom is 0.387 e. The zero-order valence-electron chi connectivity index (χ0n) is 11.2. The van der Waals surface area contributed by atoms with Gasteiger partial charge >= 0.3 is 12.6 Å². The van der Waals surface area contributed by atoms with Crippen LogP contribution in [0.15, 0.2) is 29.2 Å². The molecular weight excluding hydrogens is 308 g/mol. The Bertz CT molecular complexity index is 591. The number of hydrogen-bond donors (Lipinski definition) is 1. The molecule has 0 aromatic heterocycles. The molecule has 0 heterocycles. The summed E-state index contributed by atoms with van der Waals surface area (Å²) in [6, 6.07) is 4.87. The molecule has 0 aliphatic carbocycles. The van der Waals surface area contributed by atoms with Crippen LogP contribution in [0.25, 0.3) is 0 Å². The van der Waals surface area contributed by atoms with Gasteiger partial charge in [0, 0.05) is 6.54 Å². The molecule has 0 atom stereocenters. The lowest BCUT2D eigenvalue weighted by Crippen LogP contribution is -2.36. The predicted molar refractivity (Wildman–Crippen MR) is 69.8 cm³/mol. The molecule has 1 aromatic carbocycles. The molecule has 0 aliphatic heterocycles. The van der Waals surface area contributed by atoms with Crippen LogP contribution in [0, 0.1) is 0 Å². The topological polar surface area (TPSA) is 83.9 Å². The molecule has 0 saturated heterocycles. The lowest BCUT2D eigenvalue weighted by molar-refractivity contribution is -0.137. The van der Waals surface area contributed by atoms with E-state index in [1.165, 1.54) is 12.1 Å². The molecule has 0 spiro atoms. The number of benzene rings is 1. The van der Waals surface area contributed by atoms with E-state index in [1.807, 2.05) is 0 Å². The highest BCUT2D eigenvalue weighted by atomic mass is 32.2. The highest BCUT2D eigenvalue weighted by Crippen LogP contribution is 2.27. The summed E-state index contributed by atoms with van der Waals surface area (Å²) in [6.07, 6.45) is 0.379. The fourth-order valence-corrected chi connectivity index (χ4v) is 3.28. The molecule has 1 N–H and O–H groups in total. The Morgan fingerprint density at radius 3 is 2.52 bits per heavy atom. The average Bonchev–Trinajstić information content (AvgIpc) is 2.37. The van der Waals surface area contributed by atoms with Crippen LogP contribution in [-0.4, -0.2) is 43.5 Å². The first kappa shape index (κ1) is 17.3. The fraction of sp³-hybridized carbons (Fsp3) is 0.417. The minimum Gasteiger partial charge on any atom is -0.480 e. The zero-order chi connectivity index (χ0) is 16.0. The minimum absolute atomic E-state index is 0.0440. The molecule has 0 aliphatic rings. The van der Waals surface area contributed by atoms with Crippen molar-refractivity contribution in [3.63, 3.8) is 0 Å². The van der Waals surface area contributed by atoms with Crippen LogP contribution in [0.5, 0.6) is 5.75 Å². The predicted octanol–water partition coefficient (Wildman–Crippen LogP) is 1.77. The number of carbonyl (C=O) groups is 1. The first-order valence-corrected chi connectivity index (χ1v) is 7.48. The van der Waals surface area contributed by atoms with Crippen LogP contribution in [0.4, 0.5) is 8.78 Å². The number of rotatable bonds is 8. The van der Waals surface area contributed by atoms with Gasteiger partial charge in [0.25, 0.3) is 0 Å². The second-order valence-corrected chi connectivity index (χ2v) is 5.96. The van der Waals surface area contributed by atoms with Crippen molar-refractivity contribution in [1.29, 1.82) is 0 Å². The van der Waals surface area contributed by atoms with Crippen LogP contribution in [-0.2, 0) is 14.8 Å². The number of ether oxygens (including phenoxy) is 1. The summed E-state index contributed by atoms with van der Waals surface area (Å²) in [5, 5.41) is 8.78. The summed E-state index contributed by atoms with van der Waals surface area (Å²) in [5.74, 6) is -1.85. The van der Waals surface area contributed by atoms with Gasteiger partial charge in [-0.3, -0.25) is 4.79 Å². The van der Waals surface area contributed by atoms with Gasteiger partial charge in [-0.15, -0.1) is 0 Å². The SMILES string of the molecule is CCCN(CC(=O)O)S(=O)(=O)c1ccccc1OC(F)F. The van der Waals surface area contributed by atoms with Gasteiger partial charge in [0.05, 0.1) is 0 Å². The van der Waals surface area contributed by atoms with Crippen molar-refractivity contribution in [3.8, 4) is 5.75 Å². The summed E-state index contributed by atoms with van der Waals surface area (Å²) in [6.45, 7) is -2.30. The van der Waals surface area contributed by atoms with E-state index in [0.29, 0.717) is 10.7 Å². The smallest absolute Gasteiger partial charge is 0.387 e. The molecule has 118 valence electrons. The van der Waals surface area contributed by atoms with Crippen molar-refractivity contribution >= 4 is 16.0 Å². The van der Waals surface area contributed by atoms with Crippen molar-refractivity contribution in [2.75, 3.05) is 13.1 Å². The van der Waals surface area contributed by atoms with Gasteiger partial charge in [-0.25, -0.2) is 8.42 Å². The summed E-state index contributed by atoms with van der Waals surface area (Å²) in [7, 11) is -4.24. The molecule has 0 fully saturated rings. The molecule has 21 heavy (non-hydrogen) atoms.